The van der Waals surface area contributed by atoms with Crippen LogP contribution in [0.15, 0.2) is 59.1 Å². The van der Waals surface area contributed by atoms with Gasteiger partial charge in [-0.2, -0.15) is 13.2 Å². The smallest absolute Gasteiger partial charge is 0.416 e. The zero-order chi connectivity index (χ0) is 23.8. The molecule has 0 amide bonds. The van der Waals surface area contributed by atoms with Crippen LogP contribution in [0.5, 0.6) is 5.75 Å². The Hall–Kier alpha value is -3.10. The topological polar surface area (TPSA) is 67.5 Å². The summed E-state index contributed by atoms with van der Waals surface area (Å²) in [4.78, 5) is 0. The van der Waals surface area contributed by atoms with Crippen LogP contribution in [-0.4, -0.2) is 35.6 Å². The molecule has 3 rings (SSSR count). The second kappa shape index (κ2) is 11.2. The van der Waals surface area contributed by atoms with Crippen LogP contribution in [0.4, 0.5) is 13.2 Å². The Morgan fingerprint density at radius 1 is 1.12 bits per heavy atom. The Kier molecular flexibility index (Phi) is 8.30. The van der Waals surface area contributed by atoms with E-state index in [9.17, 15) is 18.3 Å². The van der Waals surface area contributed by atoms with Crippen LogP contribution >= 0.6 is 0 Å². The van der Waals surface area contributed by atoms with Crippen LogP contribution in [0.2, 0.25) is 0 Å². The molecule has 176 valence electrons. The summed E-state index contributed by atoms with van der Waals surface area (Å²) in [6.07, 6.45) is -1.11. The Labute approximate surface area is 190 Å². The molecule has 1 heterocycles. The van der Waals surface area contributed by atoms with Gasteiger partial charge < -0.3 is 19.7 Å². The van der Waals surface area contributed by atoms with E-state index in [1.54, 1.807) is 12.1 Å². The molecular formula is C25H27F3N2O3. The van der Waals surface area contributed by atoms with E-state index in [4.69, 9.17) is 9.26 Å². The van der Waals surface area contributed by atoms with Crippen LogP contribution in [0.3, 0.4) is 0 Å². The number of alkyl halides is 3. The highest BCUT2D eigenvalue weighted by Gasteiger charge is 2.30. The largest absolute Gasteiger partial charge is 0.490 e. The second-order valence-electron chi connectivity index (χ2n) is 7.92. The SMILES string of the molecule is Cc1cc(C=Cc2ccccc2OCC(O)CNC(C)Cc2cccc(C(F)(F)F)c2)on1. The number of hydrogen-bond donors (Lipinski definition) is 2. The molecule has 8 heteroatoms. The predicted octanol–water partition coefficient (Wildman–Crippen LogP) is 5.13. The van der Waals surface area contributed by atoms with Crippen molar-refractivity contribution in [2.45, 2.75) is 38.6 Å². The average molecular weight is 460 g/mol. The van der Waals surface area contributed by atoms with Gasteiger partial charge in [-0.3, -0.25) is 0 Å². The molecule has 2 aromatic carbocycles. The molecule has 0 spiro atoms. The third kappa shape index (κ3) is 7.76. The summed E-state index contributed by atoms with van der Waals surface area (Å²) in [5.74, 6) is 1.24. The molecule has 2 N–H and O–H groups in total. The fourth-order valence-corrected chi connectivity index (χ4v) is 3.27. The van der Waals surface area contributed by atoms with Crippen molar-refractivity contribution >= 4 is 12.2 Å². The third-order valence-electron chi connectivity index (χ3n) is 4.92. The van der Waals surface area contributed by atoms with E-state index in [0.717, 1.165) is 23.4 Å². The van der Waals surface area contributed by atoms with Crippen molar-refractivity contribution in [3.05, 3.63) is 82.7 Å². The monoisotopic (exact) mass is 460 g/mol. The van der Waals surface area contributed by atoms with Gasteiger partial charge in [0.25, 0.3) is 0 Å². The lowest BCUT2D eigenvalue weighted by Gasteiger charge is -2.19. The highest BCUT2D eigenvalue weighted by Crippen LogP contribution is 2.29. The summed E-state index contributed by atoms with van der Waals surface area (Å²) >= 11 is 0. The molecule has 33 heavy (non-hydrogen) atoms. The van der Waals surface area contributed by atoms with Crippen molar-refractivity contribution in [1.29, 1.82) is 0 Å². The van der Waals surface area contributed by atoms with Gasteiger partial charge in [0.1, 0.15) is 18.5 Å². The van der Waals surface area contributed by atoms with Gasteiger partial charge in [0.15, 0.2) is 5.76 Å². The first-order valence-electron chi connectivity index (χ1n) is 10.6. The number of rotatable bonds is 10. The number of nitrogens with one attached hydrogen (secondary N) is 1. The van der Waals surface area contributed by atoms with Crippen molar-refractivity contribution < 1.29 is 27.5 Å². The van der Waals surface area contributed by atoms with E-state index in [2.05, 4.69) is 10.5 Å². The lowest BCUT2D eigenvalue weighted by atomic mass is 10.0. The van der Waals surface area contributed by atoms with Gasteiger partial charge in [-0.1, -0.05) is 41.6 Å². The first-order valence-corrected chi connectivity index (χ1v) is 10.6. The Morgan fingerprint density at radius 2 is 1.91 bits per heavy atom. The maximum Gasteiger partial charge on any atom is 0.416 e. The summed E-state index contributed by atoms with van der Waals surface area (Å²) in [7, 11) is 0. The maximum atomic E-state index is 12.9. The summed E-state index contributed by atoms with van der Waals surface area (Å²) in [6, 6.07) is 14.4. The number of para-hydroxylation sites is 1. The highest BCUT2D eigenvalue weighted by atomic mass is 19.4. The number of hydrogen-bond acceptors (Lipinski definition) is 5. The zero-order valence-corrected chi connectivity index (χ0v) is 18.5. The van der Waals surface area contributed by atoms with Gasteiger partial charge in [0, 0.05) is 24.2 Å². The normalized spacial score (nSPS) is 13.9. The predicted molar refractivity (Wildman–Crippen MR) is 121 cm³/mol. The van der Waals surface area contributed by atoms with Crippen LogP contribution in [-0.2, 0) is 12.6 Å². The number of ether oxygens (including phenoxy) is 1. The van der Waals surface area contributed by atoms with Crippen LogP contribution in [0, 0.1) is 6.92 Å². The molecule has 2 unspecified atom stereocenters. The number of benzene rings is 2. The number of aliphatic hydroxyl groups is 1. The molecule has 0 bridgehead atoms. The average Bonchev–Trinajstić information content (AvgIpc) is 3.20. The van der Waals surface area contributed by atoms with Gasteiger partial charge >= 0.3 is 6.18 Å². The first kappa shape index (κ1) is 24.5. The molecule has 0 aliphatic carbocycles. The minimum absolute atomic E-state index is 0.0650. The van der Waals surface area contributed by atoms with Crippen molar-refractivity contribution in [1.82, 2.24) is 10.5 Å². The zero-order valence-electron chi connectivity index (χ0n) is 18.5. The van der Waals surface area contributed by atoms with E-state index in [1.807, 2.05) is 50.3 Å². The van der Waals surface area contributed by atoms with Crippen LogP contribution in [0.25, 0.3) is 12.2 Å². The molecule has 0 saturated carbocycles. The molecule has 0 aliphatic heterocycles. The summed E-state index contributed by atoms with van der Waals surface area (Å²) in [6.45, 7) is 4.01. The number of aliphatic hydroxyl groups excluding tert-OH is 1. The van der Waals surface area contributed by atoms with E-state index < -0.39 is 17.8 Å². The Balaban J connectivity index is 1.48. The van der Waals surface area contributed by atoms with E-state index in [1.165, 1.54) is 6.07 Å². The van der Waals surface area contributed by atoms with E-state index in [-0.39, 0.29) is 19.2 Å². The van der Waals surface area contributed by atoms with Crippen molar-refractivity contribution in [3.8, 4) is 5.75 Å². The fourth-order valence-electron chi connectivity index (χ4n) is 3.27. The Bertz CT molecular complexity index is 1060. The molecule has 2 atom stereocenters. The molecule has 0 radical (unpaired) electrons. The quantitative estimate of drug-likeness (QED) is 0.439. The van der Waals surface area contributed by atoms with Gasteiger partial charge in [-0.25, -0.2) is 0 Å². The fraction of sp³-hybridized carbons (Fsp3) is 0.320. The molecular weight excluding hydrogens is 433 g/mol. The molecule has 1 aromatic heterocycles. The van der Waals surface area contributed by atoms with E-state index >= 15 is 0 Å². The number of halogens is 3. The van der Waals surface area contributed by atoms with Crippen LogP contribution in [0.1, 0.15) is 35.1 Å². The molecule has 5 nitrogen and oxygen atoms in total. The van der Waals surface area contributed by atoms with Gasteiger partial charge in [-0.15, -0.1) is 0 Å². The summed E-state index contributed by atoms with van der Waals surface area (Å²) in [5, 5.41) is 17.3. The van der Waals surface area contributed by atoms with Crippen molar-refractivity contribution in [2.24, 2.45) is 0 Å². The lowest BCUT2D eigenvalue weighted by Crippen LogP contribution is -2.37. The third-order valence-corrected chi connectivity index (χ3v) is 4.92. The number of nitrogens with zero attached hydrogens (tertiary/aromatic N) is 1. The second-order valence-corrected chi connectivity index (χ2v) is 7.92. The minimum atomic E-state index is -4.36. The molecule has 0 aliphatic rings. The molecule has 0 saturated heterocycles. The van der Waals surface area contributed by atoms with Crippen molar-refractivity contribution in [2.75, 3.05) is 13.2 Å². The standard InChI is InChI=1S/C25H27F3N2O3/c1-17(12-19-6-5-8-21(14-19)25(26,27)28)29-15-22(31)16-32-24-9-4-3-7-20(24)10-11-23-13-18(2)30-33-23/h3-11,13-14,17,22,29,31H,12,15-16H2,1-2H3. The van der Waals surface area contributed by atoms with E-state index in [0.29, 0.717) is 23.5 Å². The van der Waals surface area contributed by atoms with Gasteiger partial charge in [-0.05, 0) is 50.1 Å². The number of aryl methyl sites for hydroxylation is 1. The van der Waals surface area contributed by atoms with Crippen LogP contribution < -0.4 is 10.1 Å². The van der Waals surface area contributed by atoms with Crippen molar-refractivity contribution in [3.63, 3.8) is 0 Å². The lowest BCUT2D eigenvalue weighted by molar-refractivity contribution is -0.137. The van der Waals surface area contributed by atoms with Gasteiger partial charge in [0.05, 0.1) is 11.3 Å². The summed E-state index contributed by atoms with van der Waals surface area (Å²) in [5.41, 5.74) is 1.53. The molecule has 0 fully saturated rings. The molecule has 3 aromatic rings. The highest BCUT2D eigenvalue weighted by molar-refractivity contribution is 5.70. The van der Waals surface area contributed by atoms with Gasteiger partial charge in [0.2, 0.25) is 0 Å². The Morgan fingerprint density at radius 3 is 2.64 bits per heavy atom. The maximum absolute atomic E-state index is 12.9. The number of aromatic nitrogens is 1. The summed E-state index contributed by atoms with van der Waals surface area (Å²) < 4.78 is 49.6. The minimum Gasteiger partial charge on any atom is -0.490 e. The first-order chi connectivity index (χ1) is 15.7.